The Bertz CT molecular complexity index is 92.7. The van der Waals surface area contributed by atoms with Gasteiger partial charge in [-0.2, -0.15) is 0 Å². The summed E-state index contributed by atoms with van der Waals surface area (Å²) in [5, 5.41) is 0. The molecule has 1 aliphatic rings. The molecule has 1 aliphatic carbocycles. The van der Waals surface area contributed by atoms with Crippen LogP contribution < -0.4 is 0 Å². The molecule has 45 valence electrons. The minimum Gasteiger partial charge on any atom is -0.453 e. The zero-order valence-corrected chi connectivity index (χ0v) is 5.05. The Kier molecular flexibility index (Phi) is 1.24. The summed E-state index contributed by atoms with van der Waals surface area (Å²) in [4.78, 5) is 9.60. The predicted octanol–water partition coefficient (Wildman–Crippen LogP) is 0.725. The van der Waals surface area contributed by atoms with Gasteiger partial charge in [-0.05, 0) is 11.8 Å². The van der Waals surface area contributed by atoms with E-state index in [-0.39, 0.29) is 6.10 Å². The Morgan fingerprint density at radius 1 is 1.38 bits per heavy atom. The van der Waals surface area contributed by atoms with Crippen LogP contribution in [0, 0.1) is 11.8 Å². The van der Waals surface area contributed by atoms with E-state index in [0.29, 0.717) is 11.8 Å². The van der Waals surface area contributed by atoms with Crippen molar-refractivity contribution in [3.63, 3.8) is 0 Å². The highest BCUT2D eigenvalue weighted by Crippen LogP contribution is 2.39. The number of hydrogen-bond acceptors (Lipinski definition) is 2. The largest absolute Gasteiger partial charge is 0.453 e. The van der Waals surface area contributed by atoms with Gasteiger partial charge in [0, 0.05) is 0 Å². The van der Waals surface area contributed by atoms with Crippen molar-refractivity contribution in [2.45, 2.75) is 20.0 Å². The van der Waals surface area contributed by atoms with E-state index in [1.54, 1.807) is 0 Å². The van der Waals surface area contributed by atoms with Gasteiger partial charge in [0.15, 0.2) is 0 Å². The average molecular weight is 113 g/mol. The molecular weight excluding hydrogens is 104 g/mol. The maximum Gasteiger partial charge on any atom is 0.417 e. The molecule has 1 fully saturated rings. The Balaban J connectivity index is 2.22. The van der Waals surface area contributed by atoms with Crippen molar-refractivity contribution in [1.29, 1.82) is 0 Å². The lowest BCUT2D eigenvalue weighted by Gasteiger charge is -1.86. The van der Waals surface area contributed by atoms with Crippen molar-refractivity contribution in [2.75, 3.05) is 0 Å². The summed E-state index contributed by atoms with van der Waals surface area (Å²) in [6.07, 6.45) is 0.160. The molecule has 2 unspecified atom stereocenters. The first-order chi connectivity index (χ1) is 3.77. The van der Waals surface area contributed by atoms with E-state index >= 15 is 0 Å². The van der Waals surface area contributed by atoms with Crippen LogP contribution in [0.25, 0.3) is 0 Å². The van der Waals surface area contributed by atoms with Gasteiger partial charge >= 0.3 is 6.47 Å². The van der Waals surface area contributed by atoms with Crippen LogP contribution in [0.1, 0.15) is 13.8 Å². The van der Waals surface area contributed by atoms with E-state index in [4.69, 9.17) is 0 Å². The van der Waals surface area contributed by atoms with Crippen molar-refractivity contribution in [2.24, 2.45) is 11.8 Å². The summed E-state index contributed by atoms with van der Waals surface area (Å²) in [5.74, 6) is 1.10. The lowest BCUT2D eigenvalue weighted by Crippen LogP contribution is -1.92. The lowest BCUT2D eigenvalue weighted by molar-refractivity contribution is 0.243. The number of carbonyl (C=O) groups excluding carboxylic acids is 1. The first-order valence-corrected chi connectivity index (χ1v) is 2.80. The third-order valence-electron chi connectivity index (χ3n) is 1.91. The monoisotopic (exact) mass is 113 g/mol. The van der Waals surface area contributed by atoms with Gasteiger partial charge in [-0.25, -0.2) is 4.79 Å². The SMILES string of the molecule is CC1C(C)C1O[C]=O. The van der Waals surface area contributed by atoms with Gasteiger partial charge in [-0.3, -0.25) is 0 Å². The smallest absolute Gasteiger partial charge is 0.417 e. The van der Waals surface area contributed by atoms with Gasteiger partial charge in [-0.15, -0.1) is 0 Å². The molecule has 0 bridgehead atoms. The van der Waals surface area contributed by atoms with Crippen LogP contribution in [0.5, 0.6) is 0 Å². The Morgan fingerprint density at radius 3 is 2.00 bits per heavy atom. The van der Waals surface area contributed by atoms with Gasteiger partial charge in [0.1, 0.15) is 6.10 Å². The molecule has 0 aromatic carbocycles. The molecule has 0 aliphatic heterocycles. The van der Waals surface area contributed by atoms with E-state index in [1.807, 2.05) is 0 Å². The summed E-state index contributed by atoms with van der Waals surface area (Å²) in [5.41, 5.74) is 0. The van der Waals surface area contributed by atoms with Gasteiger partial charge < -0.3 is 4.74 Å². The molecule has 1 saturated carbocycles. The molecule has 1 radical (unpaired) electrons. The number of hydrogen-bond donors (Lipinski definition) is 0. The summed E-state index contributed by atoms with van der Waals surface area (Å²) in [6.45, 7) is 5.56. The van der Waals surface area contributed by atoms with Gasteiger partial charge in [0.2, 0.25) is 0 Å². The first kappa shape index (κ1) is 5.60. The molecule has 0 aromatic heterocycles. The molecule has 0 spiro atoms. The molecule has 1 rings (SSSR count). The molecule has 2 heteroatoms. The fourth-order valence-corrected chi connectivity index (χ4v) is 0.887. The van der Waals surface area contributed by atoms with E-state index in [2.05, 4.69) is 18.6 Å². The third-order valence-corrected chi connectivity index (χ3v) is 1.91. The minimum absolute atomic E-state index is 0.160. The predicted molar refractivity (Wildman–Crippen MR) is 28.9 cm³/mol. The molecular formula is C6H9O2. The first-order valence-electron chi connectivity index (χ1n) is 2.80. The highest BCUT2D eigenvalue weighted by Gasteiger charge is 2.45. The van der Waals surface area contributed by atoms with Crippen LogP contribution in [0.3, 0.4) is 0 Å². The second-order valence-electron chi connectivity index (χ2n) is 2.38. The standard InChI is InChI=1S/C6H9O2/c1-4-5(2)6(4)8-3-7/h4-6H,1-2H3. The molecule has 0 N–H and O–H groups in total. The summed E-state index contributed by atoms with van der Waals surface area (Å²) in [7, 11) is 0. The molecule has 0 saturated heterocycles. The fourth-order valence-electron chi connectivity index (χ4n) is 0.887. The van der Waals surface area contributed by atoms with E-state index < -0.39 is 0 Å². The normalized spacial score (nSPS) is 43.5. The third kappa shape index (κ3) is 0.703. The van der Waals surface area contributed by atoms with Crippen molar-refractivity contribution < 1.29 is 9.53 Å². The molecule has 2 atom stereocenters. The number of ether oxygens (including phenoxy) is 1. The molecule has 2 nitrogen and oxygen atoms in total. The Hall–Kier alpha value is -0.530. The second-order valence-corrected chi connectivity index (χ2v) is 2.38. The fraction of sp³-hybridized carbons (Fsp3) is 0.833. The van der Waals surface area contributed by atoms with Crippen molar-refractivity contribution >= 4 is 6.47 Å². The highest BCUT2D eigenvalue weighted by molar-refractivity contribution is 5.39. The van der Waals surface area contributed by atoms with E-state index in [1.165, 1.54) is 6.47 Å². The topological polar surface area (TPSA) is 26.3 Å². The van der Waals surface area contributed by atoms with Crippen LogP contribution in [-0.2, 0) is 9.53 Å². The second kappa shape index (κ2) is 1.77. The van der Waals surface area contributed by atoms with Crippen LogP contribution in [0.15, 0.2) is 0 Å². The minimum atomic E-state index is 0.160. The molecule has 0 amide bonds. The van der Waals surface area contributed by atoms with Crippen LogP contribution in [0.2, 0.25) is 0 Å². The van der Waals surface area contributed by atoms with E-state index in [9.17, 15) is 4.79 Å². The summed E-state index contributed by atoms with van der Waals surface area (Å²) >= 11 is 0. The molecule has 8 heavy (non-hydrogen) atoms. The van der Waals surface area contributed by atoms with Crippen molar-refractivity contribution in [3.05, 3.63) is 0 Å². The Morgan fingerprint density at radius 2 is 1.88 bits per heavy atom. The summed E-state index contributed by atoms with van der Waals surface area (Å²) < 4.78 is 4.57. The van der Waals surface area contributed by atoms with Crippen molar-refractivity contribution in [3.8, 4) is 0 Å². The number of rotatable bonds is 2. The van der Waals surface area contributed by atoms with Crippen LogP contribution in [-0.4, -0.2) is 12.6 Å². The zero-order chi connectivity index (χ0) is 6.15. The van der Waals surface area contributed by atoms with Crippen LogP contribution in [0.4, 0.5) is 0 Å². The average Bonchev–Trinajstić information content (AvgIpc) is 2.25. The van der Waals surface area contributed by atoms with Crippen LogP contribution >= 0.6 is 0 Å². The molecule has 0 heterocycles. The zero-order valence-electron chi connectivity index (χ0n) is 5.05. The van der Waals surface area contributed by atoms with Gasteiger partial charge in [-0.1, -0.05) is 13.8 Å². The summed E-state index contributed by atoms with van der Waals surface area (Å²) in [6, 6.07) is 0. The maximum absolute atomic E-state index is 9.60. The lowest BCUT2D eigenvalue weighted by atomic mass is 10.4. The van der Waals surface area contributed by atoms with Gasteiger partial charge in [0.25, 0.3) is 0 Å². The quantitative estimate of drug-likeness (QED) is 0.527. The highest BCUT2D eigenvalue weighted by atomic mass is 16.5. The van der Waals surface area contributed by atoms with Crippen molar-refractivity contribution in [1.82, 2.24) is 0 Å². The molecule has 0 aromatic rings. The maximum atomic E-state index is 9.60. The van der Waals surface area contributed by atoms with Gasteiger partial charge in [0.05, 0.1) is 0 Å². The van der Waals surface area contributed by atoms with E-state index in [0.717, 1.165) is 0 Å². The Labute approximate surface area is 48.8 Å².